The molecule has 0 saturated carbocycles. The van der Waals surface area contributed by atoms with Crippen molar-refractivity contribution in [2.24, 2.45) is 0 Å². The monoisotopic (exact) mass is 376 g/mol. The van der Waals surface area contributed by atoms with Gasteiger partial charge in [-0.1, -0.05) is 44.0 Å². The Labute approximate surface area is 123 Å². The highest BCUT2D eigenvalue weighted by molar-refractivity contribution is 9.10. The van der Waals surface area contributed by atoms with Gasteiger partial charge in [-0.25, -0.2) is 0 Å². The minimum Gasteiger partial charge on any atom is -0.457 e. The highest BCUT2D eigenvalue weighted by atomic mass is 79.9. The number of alkyl halides is 1. The molecule has 0 aliphatic rings. The van der Waals surface area contributed by atoms with Crippen LogP contribution in [0.3, 0.4) is 0 Å². The fourth-order valence-corrected chi connectivity index (χ4v) is 1.96. The van der Waals surface area contributed by atoms with Gasteiger partial charge in [0.25, 0.3) is 0 Å². The Balaban J connectivity index is 2.32. The second-order valence-electron chi connectivity index (χ2n) is 3.74. The first-order valence-corrected chi connectivity index (χ1v) is 7.55. The van der Waals surface area contributed by atoms with Crippen LogP contribution in [-0.4, -0.2) is 23.7 Å². The fraction of sp³-hybridized carbons (Fsp3) is 0.385. The van der Waals surface area contributed by atoms with E-state index < -0.39 is 0 Å². The summed E-state index contributed by atoms with van der Waals surface area (Å²) in [6.07, 6.45) is 2.06. The van der Waals surface area contributed by atoms with E-state index in [1.165, 1.54) is 0 Å². The molecule has 0 radical (unpaired) electrons. The topological polar surface area (TPSA) is 43.4 Å². The van der Waals surface area contributed by atoms with Gasteiger partial charge < -0.3 is 4.74 Å². The summed E-state index contributed by atoms with van der Waals surface area (Å²) in [5.74, 6) is -0.502. The van der Waals surface area contributed by atoms with Crippen LogP contribution in [0.5, 0.6) is 0 Å². The summed E-state index contributed by atoms with van der Waals surface area (Å²) >= 11 is 6.58. The number of ketones is 1. The Kier molecular flexibility index (Phi) is 7.20. The summed E-state index contributed by atoms with van der Waals surface area (Å²) in [5.41, 5.74) is 0.548. The Morgan fingerprint density at radius 2 is 1.78 bits per heavy atom. The third-order valence-corrected chi connectivity index (χ3v) is 3.38. The van der Waals surface area contributed by atoms with E-state index in [1.54, 1.807) is 24.3 Å². The van der Waals surface area contributed by atoms with Crippen LogP contribution >= 0.6 is 31.9 Å². The molecule has 5 heteroatoms. The van der Waals surface area contributed by atoms with Gasteiger partial charge in [0.05, 0.1) is 0 Å². The maximum absolute atomic E-state index is 11.7. The van der Waals surface area contributed by atoms with Gasteiger partial charge in [-0.05, 0) is 25.0 Å². The van der Waals surface area contributed by atoms with Crippen molar-refractivity contribution in [3.63, 3.8) is 0 Å². The van der Waals surface area contributed by atoms with Gasteiger partial charge in [0, 0.05) is 21.8 Å². The lowest BCUT2D eigenvalue weighted by molar-refractivity contribution is -0.142. The van der Waals surface area contributed by atoms with Gasteiger partial charge in [0.15, 0.2) is 12.4 Å². The Bertz CT molecular complexity index is 401. The van der Waals surface area contributed by atoms with Gasteiger partial charge in [0.1, 0.15) is 0 Å². The molecule has 0 fully saturated rings. The van der Waals surface area contributed by atoms with Gasteiger partial charge in [-0.2, -0.15) is 0 Å². The number of unbranched alkanes of at least 4 members (excludes halogenated alkanes) is 1. The predicted molar refractivity (Wildman–Crippen MR) is 77.1 cm³/mol. The first-order valence-electron chi connectivity index (χ1n) is 5.64. The van der Waals surface area contributed by atoms with Crippen LogP contribution < -0.4 is 0 Å². The lowest BCUT2D eigenvalue weighted by Gasteiger charge is -2.04. The van der Waals surface area contributed by atoms with Gasteiger partial charge >= 0.3 is 5.97 Å². The van der Waals surface area contributed by atoms with Crippen molar-refractivity contribution in [3.05, 3.63) is 34.3 Å². The SMILES string of the molecule is O=C(CCCCBr)OCC(=O)c1ccc(Br)cc1. The Morgan fingerprint density at radius 1 is 1.11 bits per heavy atom. The molecule has 0 saturated heterocycles. The van der Waals surface area contributed by atoms with Crippen LogP contribution in [0, 0.1) is 0 Å². The molecule has 0 aliphatic heterocycles. The molecular weight excluding hydrogens is 364 g/mol. The second kappa shape index (κ2) is 8.43. The molecule has 0 N–H and O–H groups in total. The summed E-state index contributed by atoms with van der Waals surface area (Å²) in [7, 11) is 0. The largest absolute Gasteiger partial charge is 0.457 e. The Hall–Kier alpha value is -0.680. The molecule has 0 aliphatic carbocycles. The maximum Gasteiger partial charge on any atom is 0.306 e. The smallest absolute Gasteiger partial charge is 0.306 e. The van der Waals surface area contributed by atoms with Gasteiger partial charge in [-0.15, -0.1) is 0 Å². The number of esters is 1. The number of carbonyl (C=O) groups excluding carboxylic acids is 2. The fourth-order valence-electron chi connectivity index (χ4n) is 1.30. The zero-order chi connectivity index (χ0) is 13.4. The minimum absolute atomic E-state index is 0.184. The summed E-state index contributed by atoms with van der Waals surface area (Å²) in [6, 6.07) is 6.96. The molecule has 0 aromatic heterocycles. The number of hydrogen-bond donors (Lipinski definition) is 0. The lowest BCUT2D eigenvalue weighted by Crippen LogP contribution is -2.13. The van der Waals surface area contributed by atoms with E-state index in [4.69, 9.17) is 4.74 Å². The van der Waals surface area contributed by atoms with Crippen LogP contribution in [0.1, 0.15) is 29.6 Å². The number of halogens is 2. The summed E-state index contributed by atoms with van der Waals surface area (Å²) in [5, 5.41) is 0.873. The molecular formula is C13H14Br2O3. The number of Topliss-reactive ketones (excluding diaryl/α,β-unsaturated/α-hetero) is 1. The third-order valence-electron chi connectivity index (χ3n) is 2.29. The molecule has 0 unspecified atom stereocenters. The average Bonchev–Trinajstić information content (AvgIpc) is 2.37. The molecule has 0 bridgehead atoms. The Morgan fingerprint density at radius 3 is 2.39 bits per heavy atom. The number of carbonyl (C=O) groups is 2. The van der Waals surface area contributed by atoms with Crippen molar-refractivity contribution >= 4 is 43.6 Å². The highest BCUT2D eigenvalue weighted by Gasteiger charge is 2.09. The zero-order valence-electron chi connectivity index (χ0n) is 9.83. The lowest BCUT2D eigenvalue weighted by atomic mass is 10.1. The van der Waals surface area contributed by atoms with E-state index in [2.05, 4.69) is 31.9 Å². The van der Waals surface area contributed by atoms with Crippen molar-refractivity contribution in [2.45, 2.75) is 19.3 Å². The third kappa shape index (κ3) is 5.78. The van der Waals surface area contributed by atoms with E-state index in [1.807, 2.05) is 0 Å². The first-order chi connectivity index (χ1) is 8.63. The number of hydrogen-bond acceptors (Lipinski definition) is 3. The summed E-state index contributed by atoms with van der Waals surface area (Å²) < 4.78 is 5.83. The van der Waals surface area contributed by atoms with Crippen molar-refractivity contribution in [1.82, 2.24) is 0 Å². The van der Waals surface area contributed by atoms with Gasteiger partial charge in [-0.3, -0.25) is 9.59 Å². The molecule has 18 heavy (non-hydrogen) atoms. The molecule has 0 amide bonds. The van der Waals surface area contributed by atoms with Crippen LogP contribution in [0.15, 0.2) is 28.7 Å². The molecule has 1 aromatic rings. The normalized spacial score (nSPS) is 10.1. The minimum atomic E-state index is -0.318. The van der Waals surface area contributed by atoms with E-state index >= 15 is 0 Å². The first kappa shape index (κ1) is 15.4. The van der Waals surface area contributed by atoms with E-state index in [9.17, 15) is 9.59 Å². The second-order valence-corrected chi connectivity index (χ2v) is 5.45. The predicted octanol–water partition coefficient (Wildman–Crippen LogP) is 3.74. The molecule has 98 valence electrons. The van der Waals surface area contributed by atoms with Gasteiger partial charge in [0.2, 0.25) is 0 Å². The number of benzene rings is 1. The van der Waals surface area contributed by atoms with Crippen LogP contribution in [0.2, 0.25) is 0 Å². The zero-order valence-corrected chi connectivity index (χ0v) is 13.0. The maximum atomic E-state index is 11.7. The quantitative estimate of drug-likeness (QED) is 0.314. The van der Waals surface area contributed by atoms with Crippen molar-refractivity contribution in [2.75, 3.05) is 11.9 Å². The van der Waals surface area contributed by atoms with Crippen LogP contribution in [0.25, 0.3) is 0 Å². The van der Waals surface area contributed by atoms with Crippen molar-refractivity contribution in [3.8, 4) is 0 Å². The van der Waals surface area contributed by atoms with Crippen LogP contribution in [0.4, 0.5) is 0 Å². The average molecular weight is 378 g/mol. The standard InChI is InChI=1S/C13H14Br2O3/c14-8-2-1-3-13(17)18-9-12(16)10-4-6-11(15)7-5-10/h4-7H,1-3,8-9H2. The number of rotatable bonds is 7. The van der Waals surface area contributed by atoms with E-state index in [-0.39, 0.29) is 18.4 Å². The molecule has 0 spiro atoms. The molecule has 1 rings (SSSR count). The summed E-state index contributed by atoms with van der Waals surface area (Å²) in [6.45, 7) is -0.186. The molecule has 0 atom stereocenters. The van der Waals surface area contributed by atoms with Crippen LogP contribution in [-0.2, 0) is 9.53 Å². The highest BCUT2D eigenvalue weighted by Crippen LogP contribution is 2.11. The molecule has 0 heterocycles. The van der Waals surface area contributed by atoms with E-state index in [0.29, 0.717) is 12.0 Å². The summed E-state index contributed by atoms with van der Waals surface area (Å²) in [4.78, 5) is 23.0. The molecule has 1 aromatic carbocycles. The molecule has 3 nitrogen and oxygen atoms in total. The number of ether oxygens (including phenoxy) is 1. The van der Waals surface area contributed by atoms with E-state index in [0.717, 1.165) is 22.6 Å². The van der Waals surface area contributed by atoms with Crippen molar-refractivity contribution < 1.29 is 14.3 Å². The van der Waals surface area contributed by atoms with Crippen molar-refractivity contribution in [1.29, 1.82) is 0 Å².